The topological polar surface area (TPSA) is 63.1 Å². The van der Waals surface area contributed by atoms with E-state index in [1.165, 1.54) is 0 Å². The Balaban J connectivity index is 2.53. The Morgan fingerprint density at radius 2 is 2.36 bits per heavy atom. The normalized spacial score (nSPS) is 17.9. The van der Waals surface area contributed by atoms with E-state index in [-0.39, 0.29) is 10.6 Å². The molecule has 0 saturated heterocycles. The van der Waals surface area contributed by atoms with Gasteiger partial charge in [-0.3, -0.25) is 0 Å². The molecule has 14 heavy (non-hydrogen) atoms. The largest absolute Gasteiger partial charge is 0.475 e. The average Bonchev–Trinajstić information content (AvgIpc) is 2.42. The summed E-state index contributed by atoms with van der Waals surface area (Å²) in [5.41, 5.74) is 1.90. The molecule has 0 aromatic carbocycles. The average molecular weight is 210 g/mol. The molecule has 0 fully saturated rings. The summed E-state index contributed by atoms with van der Waals surface area (Å²) in [4.78, 5) is 18.5. The molecule has 0 unspecified atom stereocenters. The van der Waals surface area contributed by atoms with Crippen LogP contribution in [-0.2, 0) is 10.5 Å². The third kappa shape index (κ3) is 1.37. The lowest BCUT2D eigenvalue weighted by Crippen LogP contribution is -2.14. The predicted octanol–water partition coefficient (Wildman–Crippen LogP) is 1.66. The van der Waals surface area contributed by atoms with Gasteiger partial charge in [0.2, 0.25) is 5.82 Å². The van der Waals surface area contributed by atoms with Gasteiger partial charge >= 0.3 is 5.97 Å². The quantitative estimate of drug-likeness (QED) is 0.763. The minimum atomic E-state index is -1.07. The first-order chi connectivity index (χ1) is 6.50. The van der Waals surface area contributed by atoms with E-state index < -0.39 is 5.97 Å². The van der Waals surface area contributed by atoms with Gasteiger partial charge in [-0.1, -0.05) is 0 Å². The van der Waals surface area contributed by atoms with Gasteiger partial charge in [-0.05, 0) is 13.8 Å². The summed E-state index contributed by atoms with van der Waals surface area (Å²) >= 11 is 1.75. The Morgan fingerprint density at radius 1 is 1.64 bits per heavy atom. The summed E-state index contributed by atoms with van der Waals surface area (Å²) < 4.78 is -0.0948. The number of nitrogens with zero attached hydrogens (tertiary/aromatic N) is 2. The van der Waals surface area contributed by atoms with E-state index in [2.05, 4.69) is 9.97 Å². The molecule has 0 saturated carbocycles. The van der Waals surface area contributed by atoms with E-state index in [0.717, 1.165) is 17.0 Å². The first kappa shape index (κ1) is 9.45. The molecule has 0 spiro atoms. The lowest BCUT2D eigenvalue weighted by Gasteiger charge is -2.16. The van der Waals surface area contributed by atoms with Gasteiger partial charge in [-0.25, -0.2) is 14.8 Å². The fraction of sp³-hybridized carbons (Fsp3) is 0.444. The highest BCUT2D eigenvalue weighted by molar-refractivity contribution is 7.99. The van der Waals surface area contributed by atoms with Gasteiger partial charge in [0.15, 0.2) is 0 Å². The SMILES string of the molecule is CC1(C)SCc2cnc(C(=O)O)nc21. The molecule has 4 nitrogen and oxygen atoms in total. The number of thioether (sulfide) groups is 1. The molecule has 5 heteroatoms. The molecule has 0 aliphatic carbocycles. The number of carboxylic acids is 1. The summed E-state index contributed by atoms with van der Waals surface area (Å²) in [5.74, 6) is -0.317. The maximum Gasteiger partial charge on any atom is 0.373 e. The van der Waals surface area contributed by atoms with E-state index in [1.807, 2.05) is 13.8 Å². The maximum absolute atomic E-state index is 10.7. The van der Waals surface area contributed by atoms with Crippen LogP contribution in [0, 0.1) is 0 Å². The Hall–Kier alpha value is -1.10. The number of hydrogen-bond donors (Lipinski definition) is 1. The Labute approximate surface area is 85.8 Å². The highest BCUT2D eigenvalue weighted by atomic mass is 32.2. The zero-order valence-electron chi connectivity index (χ0n) is 7.94. The molecule has 0 amide bonds. The number of carbonyl (C=O) groups is 1. The molecule has 2 heterocycles. The minimum Gasteiger partial charge on any atom is -0.475 e. The number of aromatic carboxylic acids is 1. The number of carboxylic acid groups (broad SMARTS) is 1. The molecule has 1 aliphatic heterocycles. The lowest BCUT2D eigenvalue weighted by atomic mass is 10.1. The number of hydrogen-bond acceptors (Lipinski definition) is 4. The van der Waals surface area contributed by atoms with Crippen molar-refractivity contribution in [1.29, 1.82) is 0 Å². The van der Waals surface area contributed by atoms with Crippen LogP contribution in [0.15, 0.2) is 6.20 Å². The third-order valence-corrected chi connectivity index (χ3v) is 3.59. The van der Waals surface area contributed by atoms with Crippen molar-refractivity contribution >= 4 is 17.7 Å². The molecule has 74 valence electrons. The molecule has 2 rings (SSSR count). The summed E-state index contributed by atoms with van der Waals surface area (Å²) in [5, 5.41) is 8.75. The van der Waals surface area contributed by atoms with Gasteiger partial charge in [0.25, 0.3) is 0 Å². The van der Waals surface area contributed by atoms with E-state index in [1.54, 1.807) is 18.0 Å². The van der Waals surface area contributed by atoms with Gasteiger partial charge in [-0.15, -0.1) is 11.8 Å². The summed E-state index contributed by atoms with van der Waals surface area (Å²) in [7, 11) is 0. The smallest absolute Gasteiger partial charge is 0.373 e. The van der Waals surface area contributed by atoms with Crippen LogP contribution in [0.3, 0.4) is 0 Å². The zero-order chi connectivity index (χ0) is 10.3. The zero-order valence-corrected chi connectivity index (χ0v) is 8.76. The second-order valence-corrected chi connectivity index (χ2v) is 5.27. The highest BCUT2D eigenvalue weighted by Gasteiger charge is 2.33. The molecule has 1 N–H and O–H groups in total. The highest BCUT2D eigenvalue weighted by Crippen LogP contribution is 2.44. The Bertz CT molecular complexity index is 404. The van der Waals surface area contributed by atoms with Gasteiger partial charge in [-0.2, -0.15) is 0 Å². The van der Waals surface area contributed by atoms with Crippen molar-refractivity contribution in [2.45, 2.75) is 24.3 Å². The minimum absolute atomic E-state index is 0.0948. The predicted molar refractivity (Wildman–Crippen MR) is 53.3 cm³/mol. The van der Waals surface area contributed by atoms with E-state index >= 15 is 0 Å². The molecule has 1 aromatic heterocycles. The second-order valence-electron chi connectivity index (χ2n) is 3.67. The third-order valence-electron chi connectivity index (χ3n) is 2.21. The summed E-state index contributed by atoms with van der Waals surface area (Å²) in [6.07, 6.45) is 1.62. The molecule has 1 aromatic rings. The van der Waals surface area contributed by atoms with Crippen molar-refractivity contribution in [1.82, 2.24) is 9.97 Å². The van der Waals surface area contributed by atoms with Crippen molar-refractivity contribution in [2.24, 2.45) is 0 Å². The Morgan fingerprint density at radius 3 is 3.00 bits per heavy atom. The van der Waals surface area contributed by atoms with Crippen LogP contribution in [0.5, 0.6) is 0 Å². The number of aromatic nitrogens is 2. The summed E-state index contributed by atoms with van der Waals surface area (Å²) in [6, 6.07) is 0. The van der Waals surface area contributed by atoms with Crippen LogP contribution < -0.4 is 0 Å². The van der Waals surface area contributed by atoms with Gasteiger partial charge in [0.1, 0.15) is 0 Å². The van der Waals surface area contributed by atoms with E-state index in [9.17, 15) is 4.79 Å². The fourth-order valence-corrected chi connectivity index (χ4v) is 2.50. The van der Waals surface area contributed by atoms with Crippen molar-refractivity contribution in [3.63, 3.8) is 0 Å². The van der Waals surface area contributed by atoms with Crippen molar-refractivity contribution in [2.75, 3.05) is 0 Å². The van der Waals surface area contributed by atoms with Gasteiger partial charge in [0.05, 0.1) is 10.4 Å². The van der Waals surface area contributed by atoms with Crippen LogP contribution in [0.1, 0.15) is 35.7 Å². The second kappa shape index (κ2) is 2.95. The van der Waals surface area contributed by atoms with Gasteiger partial charge < -0.3 is 5.11 Å². The van der Waals surface area contributed by atoms with Crippen molar-refractivity contribution in [3.8, 4) is 0 Å². The summed E-state index contributed by atoms with van der Waals surface area (Å²) in [6.45, 7) is 4.09. The maximum atomic E-state index is 10.7. The lowest BCUT2D eigenvalue weighted by molar-refractivity contribution is 0.0683. The van der Waals surface area contributed by atoms with Gasteiger partial charge in [0, 0.05) is 17.5 Å². The van der Waals surface area contributed by atoms with Crippen LogP contribution in [0.4, 0.5) is 0 Å². The Kier molecular flexibility index (Phi) is 1.99. The van der Waals surface area contributed by atoms with E-state index in [0.29, 0.717) is 0 Å². The molecular weight excluding hydrogens is 200 g/mol. The molecule has 0 atom stereocenters. The molecule has 0 radical (unpaired) electrons. The standard InChI is InChI=1S/C9H10N2O2S/c1-9(2)6-5(4-14-9)3-10-7(11-6)8(12)13/h3H,4H2,1-2H3,(H,12,13). The van der Waals surface area contributed by atoms with Crippen LogP contribution in [0.2, 0.25) is 0 Å². The van der Waals surface area contributed by atoms with E-state index in [4.69, 9.17) is 5.11 Å². The number of fused-ring (bicyclic) bond motifs is 1. The first-order valence-electron chi connectivity index (χ1n) is 4.24. The molecule has 0 bridgehead atoms. The van der Waals surface area contributed by atoms with Crippen LogP contribution in [0.25, 0.3) is 0 Å². The number of rotatable bonds is 1. The van der Waals surface area contributed by atoms with Crippen molar-refractivity contribution in [3.05, 3.63) is 23.3 Å². The fourth-order valence-electron chi connectivity index (χ4n) is 1.46. The van der Waals surface area contributed by atoms with Crippen LogP contribution >= 0.6 is 11.8 Å². The molecular formula is C9H10N2O2S. The van der Waals surface area contributed by atoms with Crippen LogP contribution in [-0.4, -0.2) is 21.0 Å². The van der Waals surface area contributed by atoms with Crippen molar-refractivity contribution < 1.29 is 9.90 Å². The first-order valence-corrected chi connectivity index (χ1v) is 5.23. The molecule has 1 aliphatic rings. The monoisotopic (exact) mass is 210 g/mol.